The summed E-state index contributed by atoms with van der Waals surface area (Å²) < 4.78 is 11.6. The Balaban J connectivity index is 2.66. The first-order valence-electron chi connectivity index (χ1n) is 7.05. The Hall–Kier alpha value is -1.31. The summed E-state index contributed by atoms with van der Waals surface area (Å²) in [6.07, 6.45) is 4.23. The van der Waals surface area contributed by atoms with Crippen LogP contribution in [0, 0.1) is 11.3 Å². The Labute approximate surface area is 116 Å². The number of benzene rings is 1. The smallest absolute Gasteiger partial charge is 0.407 e. The number of unbranched alkanes of at least 4 members (excludes halogenated alkanes) is 2. The van der Waals surface area contributed by atoms with Crippen molar-refractivity contribution < 1.29 is 9.31 Å². The van der Waals surface area contributed by atoms with Gasteiger partial charge in [0.1, 0.15) is 0 Å². The molecule has 0 saturated carbocycles. The highest BCUT2D eigenvalue weighted by Crippen LogP contribution is 2.01. The zero-order valence-electron chi connectivity index (χ0n) is 11.9. The van der Waals surface area contributed by atoms with Crippen molar-refractivity contribution in [2.24, 2.45) is 0 Å². The fourth-order valence-corrected chi connectivity index (χ4v) is 1.66. The first-order valence-corrected chi connectivity index (χ1v) is 7.05. The Bertz CT molecular complexity index is 393. The molecule has 102 valence electrons. The van der Waals surface area contributed by atoms with E-state index in [1.165, 1.54) is 0 Å². The van der Waals surface area contributed by atoms with Gasteiger partial charge in [0, 0.05) is 13.2 Å². The van der Waals surface area contributed by atoms with Gasteiger partial charge in [0.15, 0.2) is 0 Å². The molecule has 0 bridgehead atoms. The maximum atomic E-state index is 8.94. The molecule has 0 fully saturated rings. The number of nitrogens with zero attached hydrogens (tertiary/aromatic N) is 1. The number of rotatable bonds is 9. The van der Waals surface area contributed by atoms with Crippen LogP contribution in [0.2, 0.25) is 0 Å². The van der Waals surface area contributed by atoms with Crippen LogP contribution in [0.15, 0.2) is 24.3 Å². The quantitative estimate of drug-likeness (QED) is 0.506. The fourth-order valence-electron chi connectivity index (χ4n) is 1.66. The van der Waals surface area contributed by atoms with Crippen LogP contribution in [0.25, 0.3) is 0 Å². The minimum Gasteiger partial charge on any atom is -0.407 e. The first kappa shape index (κ1) is 15.8. The molecule has 0 amide bonds. The summed E-state index contributed by atoms with van der Waals surface area (Å²) in [5.41, 5.74) is 1.56. The van der Waals surface area contributed by atoms with Crippen molar-refractivity contribution in [3.63, 3.8) is 0 Å². The van der Waals surface area contributed by atoms with Gasteiger partial charge in [-0.25, -0.2) is 0 Å². The second-order valence-corrected chi connectivity index (χ2v) is 4.52. The second kappa shape index (κ2) is 9.60. The lowest BCUT2D eigenvalue weighted by Crippen LogP contribution is -2.37. The van der Waals surface area contributed by atoms with Gasteiger partial charge in [-0.1, -0.05) is 38.8 Å². The van der Waals surface area contributed by atoms with Crippen LogP contribution in [0.5, 0.6) is 0 Å². The molecule has 4 heteroatoms. The predicted molar refractivity (Wildman–Crippen MR) is 78.3 cm³/mol. The number of hydrogen-bond donors (Lipinski definition) is 0. The highest BCUT2D eigenvalue weighted by Gasteiger charge is 2.21. The lowest BCUT2D eigenvalue weighted by Gasteiger charge is -2.15. The van der Waals surface area contributed by atoms with Crippen molar-refractivity contribution in [3.8, 4) is 6.07 Å². The summed E-state index contributed by atoms with van der Waals surface area (Å²) in [6, 6.07) is 9.59. The van der Waals surface area contributed by atoms with Crippen molar-refractivity contribution in [2.75, 3.05) is 13.2 Å². The van der Waals surface area contributed by atoms with Crippen molar-refractivity contribution in [3.05, 3.63) is 29.8 Å². The average Bonchev–Trinajstić information content (AvgIpc) is 2.46. The molecular formula is C15H22BNO2. The molecule has 0 aliphatic carbocycles. The summed E-state index contributed by atoms with van der Waals surface area (Å²) in [6.45, 7) is 5.63. The molecule has 19 heavy (non-hydrogen) atoms. The third kappa shape index (κ3) is 5.91. The van der Waals surface area contributed by atoms with Gasteiger partial charge in [-0.3, -0.25) is 0 Å². The van der Waals surface area contributed by atoms with Crippen molar-refractivity contribution in [1.29, 1.82) is 5.26 Å². The van der Waals surface area contributed by atoms with E-state index < -0.39 is 0 Å². The molecular weight excluding hydrogens is 237 g/mol. The summed E-state index contributed by atoms with van der Waals surface area (Å²) in [5, 5.41) is 8.94. The van der Waals surface area contributed by atoms with Gasteiger partial charge >= 0.3 is 7.12 Å². The van der Waals surface area contributed by atoms with E-state index in [4.69, 9.17) is 14.6 Å². The molecule has 1 rings (SSSR count). The van der Waals surface area contributed by atoms with Crippen molar-refractivity contribution in [1.82, 2.24) is 0 Å². The third-order valence-corrected chi connectivity index (χ3v) is 2.82. The van der Waals surface area contributed by atoms with Gasteiger partial charge in [-0.2, -0.15) is 5.26 Å². The van der Waals surface area contributed by atoms with Crippen LogP contribution in [-0.2, 0) is 9.31 Å². The van der Waals surface area contributed by atoms with Gasteiger partial charge in [-0.05, 0) is 30.4 Å². The molecule has 0 aromatic heterocycles. The van der Waals surface area contributed by atoms with Crippen LogP contribution in [0.4, 0.5) is 0 Å². The molecule has 0 radical (unpaired) electrons. The molecule has 0 aliphatic heterocycles. The standard InChI is InChI=1S/C15H22BNO2/c1-3-5-10-18-16(19-11-6-4-2)15-9-7-8-14(12-15)13-17/h7-9,12H,3-6,10-11H2,1-2H3. The maximum absolute atomic E-state index is 8.94. The van der Waals surface area contributed by atoms with E-state index >= 15 is 0 Å². The van der Waals surface area contributed by atoms with E-state index in [9.17, 15) is 0 Å². The zero-order valence-corrected chi connectivity index (χ0v) is 11.9. The predicted octanol–water partition coefficient (Wildman–Crippen LogP) is 2.89. The molecule has 0 unspecified atom stereocenters. The Morgan fingerprint density at radius 3 is 2.26 bits per heavy atom. The van der Waals surface area contributed by atoms with E-state index in [1.807, 2.05) is 18.2 Å². The molecule has 0 atom stereocenters. The van der Waals surface area contributed by atoms with Gasteiger partial charge in [0.25, 0.3) is 0 Å². The van der Waals surface area contributed by atoms with Crippen molar-refractivity contribution in [2.45, 2.75) is 39.5 Å². The topological polar surface area (TPSA) is 42.2 Å². The van der Waals surface area contributed by atoms with Crippen molar-refractivity contribution >= 4 is 12.6 Å². The van der Waals surface area contributed by atoms with Gasteiger partial charge in [0.05, 0.1) is 11.6 Å². The van der Waals surface area contributed by atoms with Crippen LogP contribution >= 0.6 is 0 Å². The monoisotopic (exact) mass is 259 g/mol. The van der Waals surface area contributed by atoms with E-state index in [1.54, 1.807) is 6.07 Å². The lowest BCUT2D eigenvalue weighted by atomic mass is 9.78. The first-order chi connectivity index (χ1) is 9.31. The molecule has 1 aromatic carbocycles. The van der Waals surface area contributed by atoms with Gasteiger partial charge in [0.2, 0.25) is 0 Å². The molecule has 0 aliphatic rings. The molecule has 0 N–H and O–H groups in total. The van der Waals surface area contributed by atoms with Crippen LogP contribution in [0.1, 0.15) is 45.1 Å². The van der Waals surface area contributed by atoms with E-state index in [2.05, 4.69) is 19.9 Å². The number of hydrogen-bond acceptors (Lipinski definition) is 3. The molecule has 3 nitrogen and oxygen atoms in total. The van der Waals surface area contributed by atoms with Gasteiger partial charge < -0.3 is 9.31 Å². The third-order valence-electron chi connectivity index (χ3n) is 2.82. The summed E-state index contributed by atoms with van der Waals surface area (Å²) in [4.78, 5) is 0. The molecule has 1 aromatic rings. The van der Waals surface area contributed by atoms with Crippen LogP contribution in [0.3, 0.4) is 0 Å². The average molecular weight is 259 g/mol. The highest BCUT2D eigenvalue weighted by atomic mass is 16.6. The largest absolute Gasteiger partial charge is 0.493 e. The summed E-state index contributed by atoms with van der Waals surface area (Å²) in [7, 11) is -0.355. The van der Waals surface area contributed by atoms with E-state index in [0.717, 1.165) is 31.1 Å². The molecule has 0 saturated heterocycles. The van der Waals surface area contributed by atoms with E-state index in [-0.39, 0.29) is 7.12 Å². The minimum absolute atomic E-state index is 0.355. The number of nitriles is 1. The highest BCUT2D eigenvalue weighted by molar-refractivity contribution is 6.61. The van der Waals surface area contributed by atoms with Crippen LogP contribution in [-0.4, -0.2) is 20.3 Å². The summed E-state index contributed by atoms with van der Waals surface area (Å²) >= 11 is 0. The van der Waals surface area contributed by atoms with Gasteiger partial charge in [-0.15, -0.1) is 0 Å². The summed E-state index contributed by atoms with van der Waals surface area (Å²) in [5.74, 6) is 0. The van der Waals surface area contributed by atoms with Crippen LogP contribution < -0.4 is 5.46 Å². The second-order valence-electron chi connectivity index (χ2n) is 4.52. The maximum Gasteiger partial charge on any atom is 0.493 e. The Morgan fingerprint density at radius 2 is 1.74 bits per heavy atom. The Kier molecular flexibility index (Phi) is 7.96. The molecule has 0 spiro atoms. The lowest BCUT2D eigenvalue weighted by molar-refractivity contribution is 0.202. The SMILES string of the molecule is CCCCOB(OCCCC)c1cccc(C#N)c1. The Morgan fingerprint density at radius 1 is 1.11 bits per heavy atom. The zero-order chi connectivity index (χ0) is 13.9. The fraction of sp³-hybridized carbons (Fsp3) is 0.533. The minimum atomic E-state index is -0.355. The van der Waals surface area contributed by atoms with E-state index in [0.29, 0.717) is 18.8 Å². The normalized spacial score (nSPS) is 10.2. The molecule has 0 heterocycles.